The van der Waals surface area contributed by atoms with E-state index in [1.54, 1.807) is 6.07 Å². The molecule has 12 heteroatoms. The van der Waals surface area contributed by atoms with Crippen molar-refractivity contribution in [2.24, 2.45) is 0 Å². The second-order valence-electron chi connectivity index (χ2n) is 9.08. The first-order valence-electron chi connectivity index (χ1n) is 11.8. The van der Waals surface area contributed by atoms with Crippen molar-refractivity contribution in [3.8, 4) is 17.3 Å². The number of aromatic amines is 1. The van der Waals surface area contributed by atoms with Crippen molar-refractivity contribution < 1.29 is 17.9 Å². The van der Waals surface area contributed by atoms with Gasteiger partial charge in [0.05, 0.1) is 18.9 Å². The molecule has 1 aliphatic rings. The molecule has 3 aromatic heterocycles. The number of H-pyrrole nitrogens is 1. The van der Waals surface area contributed by atoms with Crippen LogP contribution in [0.3, 0.4) is 0 Å². The summed E-state index contributed by atoms with van der Waals surface area (Å²) in [7, 11) is 4.00. The van der Waals surface area contributed by atoms with Gasteiger partial charge < -0.3 is 25.3 Å². The monoisotopic (exact) mass is 502 g/mol. The smallest absolute Gasteiger partial charge is 0.379 e. The lowest BCUT2D eigenvalue weighted by Crippen LogP contribution is -2.31. The van der Waals surface area contributed by atoms with E-state index in [2.05, 4.69) is 35.5 Å². The summed E-state index contributed by atoms with van der Waals surface area (Å²) in [6, 6.07) is 5.30. The summed E-state index contributed by atoms with van der Waals surface area (Å²) in [5.74, 6) is 0.145. The SMILES string of the molecule is CN(C)CCOCCN[C@H]1CC[C@H](Nc2ncc(C(F)(F)F)c(-c3c[nH]c4nc(C#N)ccc34)n2)C1. The van der Waals surface area contributed by atoms with Gasteiger partial charge in [0.15, 0.2) is 0 Å². The highest BCUT2D eigenvalue weighted by Gasteiger charge is 2.36. The normalized spacial score (nSPS) is 18.1. The van der Waals surface area contributed by atoms with Crippen LogP contribution in [0, 0.1) is 11.3 Å². The lowest BCUT2D eigenvalue weighted by atomic mass is 10.1. The first-order chi connectivity index (χ1) is 17.2. The molecule has 3 N–H and O–H groups in total. The number of nitrogens with zero attached hydrogens (tertiary/aromatic N) is 5. The van der Waals surface area contributed by atoms with E-state index in [1.807, 2.05) is 20.2 Å². The minimum atomic E-state index is -4.63. The highest BCUT2D eigenvalue weighted by molar-refractivity contribution is 5.93. The number of aromatic nitrogens is 4. The summed E-state index contributed by atoms with van der Waals surface area (Å²) in [4.78, 5) is 17.3. The maximum absolute atomic E-state index is 13.8. The number of nitrogens with one attached hydrogen (secondary N) is 3. The first-order valence-corrected chi connectivity index (χ1v) is 11.8. The molecular weight excluding hydrogens is 473 g/mol. The van der Waals surface area contributed by atoms with E-state index in [-0.39, 0.29) is 28.9 Å². The van der Waals surface area contributed by atoms with Crippen LogP contribution in [-0.4, -0.2) is 77.3 Å². The standard InChI is InChI=1S/C24H29F3N8O/c1-35(2)8-10-36-9-7-29-15-3-4-16(11-15)33-23-31-14-20(24(25,26)27)21(34-23)19-13-30-22-18(19)6-5-17(12-28)32-22/h5-6,13-16,29H,3-4,7-11H2,1-2H3,(H,30,32)(H,31,33,34)/t15-,16-/m0/s1. The molecule has 1 fully saturated rings. The topological polar surface area (TPSA) is 115 Å². The fourth-order valence-corrected chi connectivity index (χ4v) is 4.29. The molecule has 4 rings (SSSR count). The molecule has 0 unspecified atom stereocenters. The van der Waals surface area contributed by atoms with Gasteiger partial charge in [-0.1, -0.05) is 0 Å². The minimum absolute atomic E-state index is 0.0459. The van der Waals surface area contributed by atoms with E-state index in [9.17, 15) is 13.2 Å². The number of anilines is 1. The number of fused-ring (bicyclic) bond motifs is 1. The zero-order valence-corrected chi connectivity index (χ0v) is 20.2. The Labute approximate surface area is 207 Å². The number of pyridine rings is 1. The molecule has 0 bridgehead atoms. The van der Waals surface area contributed by atoms with Gasteiger partial charge in [-0.3, -0.25) is 0 Å². The van der Waals surface area contributed by atoms with E-state index in [4.69, 9.17) is 10.00 Å². The number of hydrogen-bond acceptors (Lipinski definition) is 8. The summed E-state index contributed by atoms with van der Waals surface area (Å²) in [6.45, 7) is 2.93. The van der Waals surface area contributed by atoms with Gasteiger partial charge in [0.2, 0.25) is 5.95 Å². The molecule has 0 spiro atoms. The first kappa shape index (κ1) is 25.8. The van der Waals surface area contributed by atoms with E-state index in [1.165, 1.54) is 12.3 Å². The highest BCUT2D eigenvalue weighted by atomic mass is 19.4. The number of nitriles is 1. The largest absolute Gasteiger partial charge is 0.419 e. The van der Waals surface area contributed by atoms with Crippen LogP contribution in [0.2, 0.25) is 0 Å². The molecule has 3 heterocycles. The van der Waals surface area contributed by atoms with Crippen LogP contribution >= 0.6 is 0 Å². The van der Waals surface area contributed by atoms with Gasteiger partial charge in [-0.05, 0) is 45.5 Å². The molecule has 9 nitrogen and oxygen atoms in total. The molecule has 192 valence electrons. The molecule has 0 radical (unpaired) electrons. The Morgan fingerprint density at radius 1 is 1.19 bits per heavy atom. The Hall–Kier alpha value is -3.27. The van der Waals surface area contributed by atoms with Crippen LogP contribution in [0.15, 0.2) is 24.5 Å². The zero-order chi connectivity index (χ0) is 25.7. The Kier molecular flexibility index (Phi) is 8.03. The summed E-state index contributed by atoms with van der Waals surface area (Å²) in [5, 5.41) is 16.2. The summed E-state index contributed by atoms with van der Waals surface area (Å²) in [5.41, 5.74) is -0.430. The Morgan fingerprint density at radius 2 is 2.00 bits per heavy atom. The van der Waals surface area contributed by atoms with Crippen LogP contribution in [0.25, 0.3) is 22.3 Å². The van der Waals surface area contributed by atoms with Crippen LogP contribution in [0.1, 0.15) is 30.5 Å². The minimum Gasteiger partial charge on any atom is -0.379 e. The number of hydrogen-bond donors (Lipinski definition) is 3. The van der Waals surface area contributed by atoms with Crippen molar-refractivity contribution in [3.05, 3.63) is 35.8 Å². The van der Waals surface area contributed by atoms with Crippen molar-refractivity contribution in [1.29, 1.82) is 5.26 Å². The van der Waals surface area contributed by atoms with Crippen molar-refractivity contribution in [1.82, 2.24) is 30.2 Å². The van der Waals surface area contributed by atoms with Gasteiger partial charge in [-0.25, -0.2) is 15.0 Å². The Bertz CT molecular complexity index is 1220. The third-order valence-electron chi connectivity index (χ3n) is 6.13. The van der Waals surface area contributed by atoms with Crippen molar-refractivity contribution >= 4 is 17.0 Å². The Morgan fingerprint density at radius 3 is 2.75 bits per heavy atom. The summed E-state index contributed by atoms with van der Waals surface area (Å²) >= 11 is 0. The molecule has 0 aromatic carbocycles. The van der Waals surface area contributed by atoms with E-state index in [0.29, 0.717) is 30.3 Å². The molecule has 1 saturated carbocycles. The average Bonchev–Trinajstić information content (AvgIpc) is 3.46. The zero-order valence-electron chi connectivity index (χ0n) is 20.2. The van der Waals surface area contributed by atoms with Crippen molar-refractivity contribution in [3.63, 3.8) is 0 Å². The molecule has 0 aliphatic heterocycles. The van der Waals surface area contributed by atoms with Crippen LogP contribution in [0.4, 0.5) is 19.1 Å². The molecule has 3 aromatic rings. The van der Waals surface area contributed by atoms with Crippen molar-refractivity contribution in [2.75, 3.05) is 45.7 Å². The number of ether oxygens (including phenoxy) is 1. The third-order valence-corrected chi connectivity index (χ3v) is 6.13. The Balaban J connectivity index is 1.44. The van der Waals surface area contributed by atoms with Gasteiger partial charge in [-0.2, -0.15) is 18.4 Å². The molecule has 0 amide bonds. The van der Waals surface area contributed by atoms with Crippen molar-refractivity contribution in [2.45, 2.75) is 37.5 Å². The van der Waals surface area contributed by atoms with Gasteiger partial charge in [0.25, 0.3) is 0 Å². The number of halogens is 3. The second kappa shape index (κ2) is 11.2. The maximum atomic E-state index is 13.8. The second-order valence-corrected chi connectivity index (χ2v) is 9.08. The van der Waals surface area contributed by atoms with Crippen LogP contribution in [0.5, 0.6) is 0 Å². The van der Waals surface area contributed by atoms with Crippen LogP contribution in [-0.2, 0) is 10.9 Å². The summed E-state index contributed by atoms with van der Waals surface area (Å²) in [6.07, 6.45) is 0.220. The predicted octanol–water partition coefficient (Wildman–Crippen LogP) is 3.41. The number of rotatable bonds is 10. The fraction of sp³-hybridized carbons (Fsp3) is 0.500. The van der Waals surface area contributed by atoms with E-state index in [0.717, 1.165) is 38.5 Å². The molecule has 1 aliphatic carbocycles. The molecule has 2 atom stereocenters. The summed E-state index contributed by atoms with van der Waals surface area (Å²) < 4.78 is 47.0. The van der Waals surface area contributed by atoms with Gasteiger partial charge in [0.1, 0.15) is 23.0 Å². The van der Waals surface area contributed by atoms with E-state index >= 15 is 0 Å². The maximum Gasteiger partial charge on any atom is 0.419 e. The number of likely N-dealkylation sites (N-methyl/N-ethyl adjacent to an activating group) is 1. The lowest BCUT2D eigenvalue weighted by Gasteiger charge is -2.17. The average molecular weight is 503 g/mol. The number of alkyl halides is 3. The van der Waals surface area contributed by atoms with Crippen LogP contribution < -0.4 is 10.6 Å². The van der Waals surface area contributed by atoms with Gasteiger partial charge in [-0.15, -0.1) is 0 Å². The van der Waals surface area contributed by atoms with E-state index < -0.39 is 11.7 Å². The molecule has 36 heavy (non-hydrogen) atoms. The molecule has 0 saturated heterocycles. The fourth-order valence-electron chi connectivity index (χ4n) is 4.29. The van der Waals surface area contributed by atoms with Gasteiger partial charge >= 0.3 is 6.18 Å². The predicted molar refractivity (Wildman–Crippen MR) is 129 cm³/mol. The van der Waals surface area contributed by atoms with Gasteiger partial charge in [0, 0.05) is 48.5 Å². The quantitative estimate of drug-likeness (QED) is 0.362. The third kappa shape index (κ3) is 6.29. The lowest BCUT2D eigenvalue weighted by molar-refractivity contribution is -0.137. The highest BCUT2D eigenvalue weighted by Crippen LogP contribution is 2.38. The molecular formula is C24H29F3N8O.